The number of rotatable bonds is 7. The first kappa shape index (κ1) is 16.9. The number of nitrogens with one attached hydrogen (secondary N) is 1. The van der Waals surface area contributed by atoms with Crippen molar-refractivity contribution in [2.24, 2.45) is 0 Å². The Hall–Kier alpha value is -1.20. The van der Waals surface area contributed by atoms with E-state index in [-0.39, 0.29) is 11.9 Å². The summed E-state index contributed by atoms with van der Waals surface area (Å²) in [5.74, 6) is 1.05. The maximum atomic E-state index is 12.3. The summed E-state index contributed by atoms with van der Waals surface area (Å²) >= 11 is 1.81. The maximum absolute atomic E-state index is 12.3. The van der Waals surface area contributed by atoms with Crippen LogP contribution in [0.15, 0.2) is 24.3 Å². The highest BCUT2D eigenvalue weighted by Gasteiger charge is 2.23. The van der Waals surface area contributed by atoms with Gasteiger partial charge < -0.3 is 11.1 Å². The van der Waals surface area contributed by atoms with Crippen LogP contribution >= 0.6 is 11.8 Å². The van der Waals surface area contributed by atoms with Crippen LogP contribution in [0.3, 0.4) is 0 Å². The van der Waals surface area contributed by atoms with Gasteiger partial charge in [0.05, 0.1) is 6.04 Å². The third kappa shape index (κ3) is 4.72. The third-order valence-corrected chi connectivity index (χ3v) is 4.29. The second-order valence-corrected chi connectivity index (χ2v) is 5.88. The highest BCUT2D eigenvalue weighted by molar-refractivity contribution is 7.98. The highest BCUT2D eigenvalue weighted by atomic mass is 32.2. The monoisotopic (exact) mass is 295 g/mol. The van der Waals surface area contributed by atoms with Crippen molar-refractivity contribution in [3.8, 4) is 0 Å². The topological polar surface area (TPSA) is 58.4 Å². The molecule has 0 fully saturated rings. The lowest BCUT2D eigenvalue weighted by atomic mass is 10.1. The van der Waals surface area contributed by atoms with Gasteiger partial charge in [0, 0.05) is 23.2 Å². The molecule has 112 valence electrons. The predicted octanol–water partition coefficient (Wildman–Crippen LogP) is 2.67. The SMILES string of the molecule is CCC(CSC)N(C)C(C)C(=O)Nc1ccc(N)cc1. The van der Waals surface area contributed by atoms with Gasteiger partial charge >= 0.3 is 0 Å². The van der Waals surface area contributed by atoms with Gasteiger partial charge in [-0.3, -0.25) is 9.69 Å². The summed E-state index contributed by atoms with van der Waals surface area (Å²) in [6.45, 7) is 4.09. The van der Waals surface area contributed by atoms with Crippen molar-refractivity contribution in [3.05, 3.63) is 24.3 Å². The maximum Gasteiger partial charge on any atom is 0.241 e. The van der Waals surface area contributed by atoms with E-state index >= 15 is 0 Å². The zero-order chi connectivity index (χ0) is 15.1. The van der Waals surface area contributed by atoms with E-state index in [2.05, 4.69) is 23.4 Å². The zero-order valence-corrected chi connectivity index (χ0v) is 13.5. The van der Waals surface area contributed by atoms with Crippen LogP contribution < -0.4 is 11.1 Å². The number of anilines is 2. The van der Waals surface area contributed by atoms with E-state index in [1.54, 1.807) is 12.1 Å². The highest BCUT2D eigenvalue weighted by Crippen LogP contribution is 2.14. The minimum Gasteiger partial charge on any atom is -0.399 e. The Morgan fingerprint density at radius 1 is 1.40 bits per heavy atom. The molecule has 20 heavy (non-hydrogen) atoms. The van der Waals surface area contributed by atoms with Gasteiger partial charge in [0.25, 0.3) is 0 Å². The Balaban J connectivity index is 2.63. The summed E-state index contributed by atoms with van der Waals surface area (Å²) in [7, 11) is 2.01. The van der Waals surface area contributed by atoms with Crippen molar-refractivity contribution in [2.75, 3.05) is 30.1 Å². The summed E-state index contributed by atoms with van der Waals surface area (Å²) in [4.78, 5) is 14.4. The summed E-state index contributed by atoms with van der Waals surface area (Å²) in [5, 5.41) is 2.93. The summed E-state index contributed by atoms with van der Waals surface area (Å²) in [6.07, 6.45) is 3.13. The van der Waals surface area contributed by atoms with Gasteiger partial charge in [-0.25, -0.2) is 0 Å². The van der Waals surface area contributed by atoms with E-state index < -0.39 is 0 Å². The number of likely N-dealkylation sites (N-methyl/N-ethyl adjacent to an activating group) is 1. The molecule has 1 aromatic rings. The predicted molar refractivity (Wildman–Crippen MR) is 89.2 cm³/mol. The molecule has 0 spiro atoms. The third-order valence-electron chi connectivity index (χ3n) is 3.57. The molecule has 1 aromatic carbocycles. The fraction of sp³-hybridized carbons (Fsp3) is 0.533. The van der Waals surface area contributed by atoms with Gasteiger partial charge in [-0.15, -0.1) is 0 Å². The van der Waals surface area contributed by atoms with Crippen molar-refractivity contribution in [2.45, 2.75) is 32.4 Å². The molecule has 0 aromatic heterocycles. The molecule has 4 nitrogen and oxygen atoms in total. The molecule has 1 amide bonds. The quantitative estimate of drug-likeness (QED) is 0.759. The molecule has 0 aliphatic heterocycles. The van der Waals surface area contributed by atoms with E-state index in [1.807, 2.05) is 37.9 Å². The van der Waals surface area contributed by atoms with Crippen LogP contribution in [0.4, 0.5) is 11.4 Å². The molecule has 0 saturated heterocycles. The van der Waals surface area contributed by atoms with Gasteiger partial charge in [0.1, 0.15) is 0 Å². The van der Waals surface area contributed by atoms with Gasteiger partial charge in [-0.05, 0) is 50.9 Å². The van der Waals surface area contributed by atoms with Crippen molar-refractivity contribution in [1.29, 1.82) is 0 Å². The number of carbonyl (C=O) groups is 1. The number of carbonyl (C=O) groups excluding carboxylic acids is 1. The van der Waals surface area contributed by atoms with E-state index in [1.165, 1.54) is 0 Å². The van der Waals surface area contributed by atoms with E-state index in [0.717, 1.165) is 17.9 Å². The van der Waals surface area contributed by atoms with E-state index in [4.69, 9.17) is 5.73 Å². The van der Waals surface area contributed by atoms with Crippen LogP contribution in [0.5, 0.6) is 0 Å². The normalized spacial score (nSPS) is 14.1. The standard InChI is InChI=1S/C15H25N3OS/c1-5-14(10-20-4)18(3)11(2)15(19)17-13-8-6-12(16)7-9-13/h6-9,11,14H,5,10,16H2,1-4H3,(H,17,19). The molecule has 0 heterocycles. The minimum atomic E-state index is -0.162. The number of amides is 1. The first-order valence-electron chi connectivity index (χ1n) is 6.86. The van der Waals surface area contributed by atoms with Crippen LogP contribution in [0.2, 0.25) is 0 Å². The fourth-order valence-electron chi connectivity index (χ4n) is 2.03. The number of thioether (sulfide) groups is 1. The number of nitrogens with two attached hydrogens (primary N) is 1. The number of benzene rings is 1. The average Bonchev–Trinajstić information content (AvgIpc) is 2.45. The first-order valence-corrected chi connectivity index (χ1v) is 8.26. The molecular formula is C15H25N3OS. The average molecular weight is 295 g/mol. The van der Waals surface area contributed by atoms with Crippen molar-refractivity contribution >= 4 is 29.0 Å². The Kier molecular flexibility index (Phi) is 6.88. The molecule has 0 aliphatic carbocycles. The van der Waals surface area contributed by atoms with Gasteiger partial charge in [0.15, 0.2) is 0 Å². The molecule has 0 radical (unpaired) electrons. The van der Waals surface area contributed by atoms with Gasteiger partial charge in [0.2, 0.25) is 5.91 Å². The van der Waals surface area contributed by atoms with Gasteiger partial charge in [-0.1, -0.05) is 6.92 Å². The molecule has 0 bridgehead atoms. The van der Waals surface area contributed by atoms with Crippen molar-refractivity contribution in [3.63, 3.8) is 0 Å². The van der Waals surface area contributed by atoms with Gasteiger partial charge in [-0.2, -0.15) is 11.8 Å². The number of hydrogen-bond donors (Lipinski definition) is 2. The van der Waals surface area contributed by atoms with Crippen molar-refractivity contribution in [1.82, 2.24) is 4.90 Å². The Morgan fingerprint density at radius 2 is 2.00 bits per heavy atom. The van der Waals surface area contributed by atoms with Crippen LogP contribution in [-0.2, 0) is 4.79 Å². The lowest BCUT2D eigenvalue weighted by molar-refractivity contribution is -0.120. The molecule has 2 unspecified atom stereocenters. The molecule has 1 rings (SSSR count). The zero-order valence-electron chi connectivity index (χ0n) is 12.7. The molecule has 0 saturated carbocycles. The summed E-state index contributed by atoms with van der Waals surface area (Å²) in [5.41, 5.74) is 7.11. The molecule has 2 atom stereocenters. The minimum absolute atomic E-state index is 0.0109. The Morgan fingerprint density at radius 3 is 2.50 bits per heavy atom. The summed E-state index contributed by atoms with van der Waals surface area (Å²) < 4.78 is 0. The Bertz CT molecular complexity index is 422. The summed E-state index contributed by atoms with van der Waals surface area (Å²) in [6, 6.07) is 7.46. The molecule has 0 aliphatic rings. The number of hydrogen-bond acceptors (Lipinski definition) is 4. The first-order chi connectivity index (χ1) is 9.49. The van der Waals surface area contributed by atoms with Crippen molar-refractivity contribution < 1.29 is 4.79 Å². The largest absolute Gasteiger partial charge is 0.399 e. The van der Waals surface area contributed by atoms with Crippen LogP contribution in [0, 0.1) is 0 Å². The van der Waals surface area contributed by atoms with Crippen LogP contribution in [0.1, 0.15) is 20.3 Å². The molecule has 5 heteroatoms. The second-order valence-electron chi connectivity index (χ2n) is 4.97. The number of nitrogen functional groups attached to an aromatic ring is 1. The van der Waals surface area contributed by atoms with E-state index in [9.17, 15) is 4.79 Å². The van der Waals surface area contributed by atoms with Crippen LogP contribution in [0.25, 0.3) is 0 Å². The number of nitrogens with zero attached hydrogens (tertiary/aromatic N) is 1. The fourth-order valence-corrected chi connectivity index (χ4v) is 2.89. The molecule has 3 N–H and O–H groups in total. The second kappa shape index (κ2) is 8.17. The molecular weight excluding hydrogens is 270 g/mol. The smallest absolute Gasteiger partial charge is 0.241 e. The Labute approximate surface area is 126 Å². The lowest BCUT2D eigenvalue weighted by Gasteiger charge is -2.31. The lowest BCUT2D eigenvalue weighted by Crippen LogP contribution is -2.46. The van der Waals surface area contributed by atoms with E-state index in [0.29, 0.717) is 11.7 Å². The van der Waals surface area contributed by atoms with Crippen LogP contribution in [-0.4, -0.2) is 41.9 Å².